The van der Waals surface area contributed by atoms with E-state index in [1.165, 1.54) is 6.07 Å². The summed E-state index contributed by atoms with van der Waals surface area (Å²) in [6.45, 7) is 5.79. The molecule has 0 aliphatic rings. The number of hydrogen-bond donors (Lipinski definition) is 1. The fraction of sp³-hybridized carbons (Fsp3) is 0.267. The Bertz CT molecular complexity index is 657. The Morgan fingerprint density at radius 1 is 1.09 bits per heavy atom. The smallest absolute Gasteiger partial charge is 0.256 e. The zero-order valence-corrected chi connectivity index (χ0v) is 13.8. The van der Waals surface area contributed by atoms with E-state index in [2.05, 4.69) is 20.4 Å². The minimum atomic E-state index is -0.316. The van der Waals surface area contributed by atoms with Crippen LogP contribution in [0.1, 0.15) is 24.2 Å². The van der Waals surface area contributed by atoms with Crippen LogP contribution in [0, 0.1) is 0 Å². The molecule has 116 valence electrons. The van der Waals surface area contributed by atoms with Crippen molar-refractivity contribution in [3.8, 4) is 0 Å². The second-order valence-corrected chi connectivity index (χ2v) is 5.35. The molecule has 0 fully saturated rings. The summed E-state index contributed by atoms with van der Waals surface area (Å²) in [5.41, 5.74) is 0.406. The number of aromatic nitrogens is 2. The SMILES string of the molecule is CCN(CC)c1ccc(NC(=O)c2ccc(Cl)c(Cl)c2)nn1. The van der Waals surface area contributed by atoms with Gasteiger partial charge in [0.05, 0.1) is 10.0 Å². The van der Waals surface area contributed by atoms with Crippen molar-refractivity contribution in [2.24, 2.45) is 0 Å². The van der Waals surface area contributed by atoms with Crippen molar-refractivity contribution in [1.29, 1.82) is 0 Å². The maximum absolute atomic E-state index is 12.1. The van der Waals surface area contributed by atoms with Crippen LogP contribution in [-0.2, 0) is 0 Å². The van der Waals surface area contributed by atoms with Gasteiger partial charge in [0.15, 0.2) is 11.6 Å². The quantitative estimate of drug-likeness (QED) is 0.898. The third-order valence-corrected chi connectivity index (χ3v) is 3.90. The molecule has 7 heteroatoms. The second-order valence-electron chi connectivity index (χ2n) is 4.53. The Morgan fingerprint density at radius 2 is 1.82 bits per heavy atom. The normalized spacial score (nSPS) is 10.4. The molecule has 0 radical (unpaired) electrons. The third kappa shape index (κ3) is 3.87. The molecule has 0 bridgehead atoms. The van der Waals surface area contributed by atoms with E-state index in [4.69, 9.17) is 23.2 Å². The summed E-state index contributed by atoms with van der Waals surface area (Å²) in [6.07, 6.45) is 0. The Labute approximate surface area is 139 Å². The first-order valence-corrected chi connectivity index (χ1v) is 7.65. The first-order chi connectivity index (χ1) is 10.5. The van der Waals surface area contributed by atoms with Gasteiger partial charge in [-0.05, 0) is 44.2 Å². The van der Waals surface area contributed by atoms with Gasteiger partial charge in [-0.3, -0.25) is 4.79 Å². The molecular weight excluding hydrogens is 323 g/mol. The number of anilines is 2. The van der Waals surface area contributed by atoms with Gasteiger partial charge in [-0.2, -0.15) is 0 Å². The highest BCUT2D eigenvalue weighted by Gasteiger charge is 2.10. The van der Waals surface area contributed by atoms with Crippen LogP contribution < -0.4 is 10.2 Å². The fourth-order valence-corrected chi connectivity index (χ4v) is 2.23. The summed E-state index contributed by atoms with van der Waals surface area (Å²) in [6, 6.07) is 8.23. The van der Waals surface area contributed by atoms with Crippen molar-refractivity contribution in [3.63, 3.8) is 0 Å². The molecule has 1 aromatic heterocycles. The molecule has 1 N–H and O–H groups in total. The highest BCUT2D eigenvalue weighted by Crippen LogP contribution is 2.23. The molecule has 0 aliphatic heterocycles. The van der Waals surface area contributed by atoms with Crippen molar-refractivity contribution in [1.82, 2.24) is 10.2 Å². The minimum absolute atomic E-state index is 0.316. The summed E-state index contributed by atoms with van der Waals surface area (Å²) in [5.74, 6) is 0.841. The first-order valence-electron chi connectivity index (χ1n) is 6.90. The lowest BCUT2D eigenvalue weighted by Gasteiger charge is -2.18. The molecule has 2 rings (SSSR count). The first kappa shape index (κ1) is 16.5. The van der Waals surface area contributed by atoms with E-state index in [-0.39, 0.29) is 5.91 Å². The molecular formula is C15H16Cl2N4O. The van der Waals surface area contributed by atoms with Crippen LogP contribution in [0.5, 0.6) is 0 Å². The Kier molecular flexibility index (Phi) is 5.57. The van der Waals surface area contributed by atoms with Gasteiger partial charge in [0, 0.05) is 18.7 Å². The summed E-state index contributed by atoms with van der Waals surface area (Å²) in [5, 5.41) is 11.5. The van der Waals surface area contributed by atoms with E-state index in [1.807, 2.05) is 19.9 Å². The van der Waals surface area contributed by atoms with Gasteiger partial charge in [0.25, 0.3) is 5.91 Å². The van der Waals surface area contributed by atoms with Crippen molar-refractivity contribution in [2.45, 2.75) is 13.8 Å². The molecule has 0 unspecified atom stereocenters. The highest BCUT2D eigenvalue weighted by molar-refractivity contribution is 6.42. The maximum atomic E-state index is 12.1. The third-order valence-electron chi connectivity index (χ3n) is 3.16. The lowest BCUT2D eigenvalue weighted by Crippen LogP contribution is -2.23. The summed E-state index contributed by atoms with van der Waals surface area (Å²) >= 11 is 11.7. The number of rotatable bonds is 5. The van der Waals surface area contributed by atoms with Gasteiger partial charge in [-0.1, -0.05) is 23.2 Å². The molecule has 0 aliphatic carbocycles. The predicted molar refractivity (Wildman–Crippen MR) is 90.0 cm³/mol. The van der Waals surface area contributed by atoms with Crippen molar-refractivity contribution in [3.05, 3.63) is 45.9 Å². The van der Waals surface area contributed by atoms with Crippen LogP contribution >= 0.6 is 23.2 Å². The number of nitrogens with zero attached hydrogens (tertiary/aromatic N) is 3. The van der Waals surface area contributed by atoms with Crippen LogP contribution in [0.3, 0.4) is 0 Å². The molecule has 0 spiro atoms. The van der Waals surface area contributed by atoms with Gasteiger partial charge in [-0.25, -0.2) is 0 Å². The van der Waals surface area contributed by atoms with Gasteiger partial charge in [0.2, 0.25) is 0 Å². The minimum Gasteiger partial charge on any atom is -0.356 e. The molecule has 0 saturated carbocycles. The van der Waals surface area contributed by atoms with Gasteiger partial charge in [-0.15, -0.1) is 10.2 Å². The van der Waals surface area contributed by atoms with Gasteiger partial charge < -0.3 is 10.2 Å². The van der Waals surface area contributed by atoms with Crippen LogP contribution in [0.15, 0.2) is 30.3 Å². The molecule has 5 nitrogen and oxygen atoms in total. The maximum Gasteiger partial charge on any atom is 0.256 e. The van der Waals surface area contributed by atoms with E-state index in [1.54, 1.807) is 18.2 Å². The van der Waals surface area contributed by atoms with Crippen molar-refractivity contribution < 1.29 is 4.79 Å². The topological polar surface area (TPSA) is 58.1 Å². The van der Waals surface area contributed by atoms with Crippen molar-refractivity contribution >= 4 is 40.7 Å². The second kappa shape index (κ2) is 7.42. The monoisotopic (exact) mass is 338 g/mol. The summed E-state index contributed by atoms with van der Waals surface area (Å²) in [4.78, 5) is 14.2. The lowest BCUT2D eigenvalue weighted by atomic mass is 10.2. The fourth-order valence-electron chi connectivity index (χ4n) is 1.93. The molecule has 0 atom stereocenters. The van der Waals surface area contributed by atoms with Crippen LogP contribution in [-0.4, -0.2) is 29.2 Å². The number of carbonyl (C=O) groups excluding carboxylic acids is 1. The van der Waals surface area contributed by atoms with E-state index in [9.17, 15) is 4.79 Å². The highest BCUT2D eigenvalue weighted by atomic mass is 35.5. The number of halogens is 2. The van der Waals surface area contributed by atoms with Gasteiger partial charge in [0.1, 0.15) is 0 Å². The molecule has 2 aromatic rings. The van der Waals surface area contributed by atoms with Crippen LogP contribution in [0.25, 0.3) is 0 Å². The molecule has 22 heavy (non-hydrogen) atoms. The lowest BCUT2D eigenvalue weighted by molar-refractivity contribution is 0.102. The number of amides is 1. The number of carbonyl (C=O) groups is 1. The number of benzene rings is 1. The zero-order valence-electron chi connectivity index (χ0n) is 12.3. The summed E-state index contributed by atoms with van der Waals surface area (Å²) in [7, 11) is 0. The Hall–Kier alpha value is -1.85. The average Bonchev–Trinajstić information content (AvgIpc) is 2.52. The molecule has 1 heterocycles. The van der Waals surface area contributed by atoms with Crippen LogP contribution in [0.4, 0.5) is 11.6 Å². The number of hydrogen-bond acceptors (Lipinski definition) is 4. The van der Waals surface area contributed by atoms with Crippen LogP contribution in [0.2, 0.25) is 10.0 Å². The Morgan fingerprint density at radius 3 is 2.36 bits per heavy atom. The number of nitrogens with one attached hydrogen (secondary N) is 1. The molecule has 0 saturated heterocycles. The van der Waals surface area contributed by atoms with E-state index in [0.717, 1.165) is 18.9 Å². The van der Waals surface area contributed by atoms with E-state index >= 15 is 0 Å². The largest absolute Gasteiger partial charge is 0.356 e. The molecule has 1 aromatic carbocycles. The standard InChI is InChI=1S/C15H16Cl2N4O/c1-3-21(4-2)14-8-7-13(19-20-14)18-15(22)10-5-6-11(16)12(17)9-10/h5-9H,3-4H2,1-2H3,(H,18,19,22). The zero-order chi connectivity index (χ0) is 16.1. The van der Waals surface area contributed by atoms with Gasteiger partial charge >= 0.3 is 0 Å². The average molecular weight is 339 g/mol. The Balaban J connectivity index is 2.10. The van der Waals surface area contributed by atoms with E-state index < -0.39 is 0 Å². The molecule has 1 amide bonds. The summed E-state index contributed by atoms with van der Waals surface area (Å²) < 4.78 is 0. The predicted octanol–water partition coefficient (Wildman–Crippen LogP) is 3.88. The van der Waals surface area contributed by atoms with Crippen molar-refractivity contribution in [2.75, 3.05) is 23.3 Å². The van der Waals surface area contributed by atoms with E-state index in [0.29, 0.717) is 21.4 Å².